The highest BCUT2D eigenvalue weighted by Gasteiger charge is 2.28. The van der Waals surface area contributed by atoms with Crippen LogP contribution in [0.1, 0.15) is 17.0 Å². The third-order valence-corrected chi connectivity index (χ3v) is 6.83. The van der Waals surface area contributed by atoms with Crippen LogP contribution in [0, 0.1) is 0 Å². The quantitative estimate of drug-likeness (QED) is 0.606. The molecular formula is C21H24Si. The summed E-state index contributed by atoms with van der Waals surface area (Å²) in [5, 5.41) is 0. The zero-order chi connectivity index (χ0) is 15.6. The van der Waals surface area contributed by atoms with E-state index in [-0.39, 0.29) is 0 Å². The van der Waals surface area contributed by atoms with Gasteiger partial charge in [-0.05, 0) is 22.2 Å². The third kappa shape index (κ3) is 3.15. The van der Waals surface area contributed by atoms with Crippen molar-refractivity contribution in [3.05, 3.63) is 95.6 Å². The van der Waals surface area contributed by atoms with Crippen molar-refractivity contribution < 1.29 is 0 Å². The average Bonchev–Trinajstić information content (AvgIpc) is 2.99. The number of allylic oxidation sites excluding steroid dienone is 4. The molecule has 1 unspecified atom stereocenters. The minimum atomic E-state index is -1.18. The summed E-state index contributed by atoms with van der Waals surface area (Å²) in [5.74, 6) is 0.347. The van der Waals surface area contributed by atoms with Gasteiger partial charge in [0, 0.05) is 5.92 Å². The van der Waals surface area contributed by atoms with Crippen molar-refractivity contribution in [1.29, 1.82) is 0 Å². The predicted molar refractivity (Wildman–Crippen MR) is 99.0 cm³/mol. The maximum absolute atomic E-state index is 2.51. The Morgan fingerprint density at radius 2 is 1.27 bits per heavy atom. The maximum atomic E-state index is 2.51. The Hall–Kier alpha value is -1.86. The van der Waals surface area contributed by atoms with Crippen molar-refractivity contribution >= 4 is 8.07 Å². The van der Waals surface area contributed by atoms with Gasteiger partial charge in [0.25, 0.3) is 0 Å². The summed E-state index contributed by atoms with van der Waals surface area (Å²) in [6.45, 7) is 7.34. The zero-order valence-corrected chi connectivity index (χ0v) is 14.7. The molecule has 0 N–H and O–H groups in total. The lowest BCUT2D eigenvalue weighted by Crippen LogP contribution is -2.24. The van der Waals surface area contributed by atoms with Gasteiger partial charge >= 0.3 is 0 Å². The Morgan fingerprint density at radius 3 is 1.68 bits per heavy atom. The van der Waals surface area contributed by atoms with Crippen LogP contribution in [0.4, 0.5) is 0 Å². The molecule has 1 aliphatic rings. The first-order valence-electron chi connectivity index (χ1n) is 8.05. The van der Waals surface area contributed by atoms with Crippen molar-refractivity contribution in [1.82, 2.24) is 0 Å². The Bertz CT molecular complexity index is 635. The fourth-order valence-corrected chi connectivity index (χ4v) is 4.50. The lowest BCUT2D eigenvalue weighted by molar-refractivity contribution is 0.977. The van der Waals surface area contributed by atoms with Gasteiger partial charge in [0.15, 0.2) is 0 Å². The first-order chi connectivity index (χ1) is 10.6. The van der Waals surface area contributed by atoms with Crippen LogP contribution in [-0.4, -0.2) is 8.07 Å². The van der Waals surface area contributed by atoms with Crippen molar-refractivity contribution in [3.8, 4) is 0 Å². The van der Waals surface area contributed by atoms with Gasteiger partial charge in [-0.1, -0.05) is 98.5 Å². The second-order valence-electron chi connectivity index (χ2n) is 7.17. The summed E-state index contributed by atoms with van der Waals surface area (Å²) in [4.78, 5) is 0. The van der Waals surface area contributed by atoms with E-state index >= 15 is 0 Å². The topological polar surface area (TPSA) is 0 Å². The highest BCUT2D eigenvalue weighted by atomic mass is 28.3. The molecular weight excluding hydrogens is 280 g/mol. The number of benzene rings is 2. The first-order valence-corrected chi connectivity index (χ1v) is 11.6. The van der Waals surface area contributed by atoms with Crippen molar-refractivity contribution in [2.75, 3.05) is 0 Å². The van der Waals surface area contributed by atoms with Gasteiger partial charge in [0.05, 0.1) is 8.07 Å². The van der Waals surface area contributed by atoms with Gasteiger partial charge in [-0.25, -0.2) is 0 Å². The molecule has 0 fully saturated rings. The Labute approximate surface area is 135 Å². The van der Waals surface area contributed by atoms with Crippen LogP contribution in [0.25, 0.3) is 0 Å². The van der Waals surface area contributed by atoms with E-state index in [1.807, 2.05) is 0 Å². The molecule has 1 heteroatoms. The summed E-state index contributed by atoms with van der Waals surface area (Å²) in [7, 11) is -1.18. The van der Waals surface area contributed by atoms with Crippen molar-refractivity contribution in [3.63, 3.8) is 0 Å². The fourth-order valence-electron chi connectivity index (χ4n) is 3.13. The van der Waals surface area contributed by atoms with Crippen LogP contribution >= 0.6 is 0 Å². The SMILES string of the molecule is C[Si](C)(C)C1C=CC(C(c2ccccc2)c2ccccc2)=C1. The lowest BCUT2D eigenvalue weighted by Gasteiger charge is -2.22. The third-order valence-electron chi connectivity index (χ3n) is 4.47. The molecule has 1 atom stereocenters. The van der Waals surface area contributed by atoms with E-state index in [9.17, 15) is 0 Å². The molecule has 0 heterocycles. The Morgan fingerprint density at radius 1 is 0.773 bits per heavy atom. The van der Waals surface area contributed by atoms with E-state index in [1.54, 1.807) is 0 Å². The molecule has 0 nitrogen and oxygen atoms in total. The predicted octanol–water partition coefficient (Wildman–Crippen LogP) is 6.02. The molecule has 112 valence electrons. The molecule has 1 aliphatic carbocycles. The van der Waals surface area contributed by atoms with Crippen molar-refractivity contribution in [2.45, 2.75) is 31.1 Å². The zero-order valence-electron chi connectivity index (χ0n) is 13.7. The minimum Gasteiger partial charge on any atom is -0.0800 e. The van der Waals surface area contributed by atoms with Gasteiger partial charge in [0.1, 0.15) is 0 Å². The molecule has 2 aromatic carbocycles. The summed E-state index contributed by atoms with van der Waals surface area (Å²) in [5.41, 5.74) is 4.85. The first kappa shape index (κ1) is 15.0. The van der Waals surface area contributed by atoms with E-state index in [4.69, 9.17) is 0 Å². The lowest BCUT2D eigenvalue weighted by atomic mass is 9.85. The summed E-state index contributed by atoms with van der Waals surface area (Å²) >= 11 is 0. The molecule has 3 rings (SSSR count). The summed E-state index contributed by atoms with van der Waals surface area (Å²) < 4.78 is 0. The molecule has 0 saturated carbocycles. The van der Waals surface area contributed by atoms with E-state index in [1.165, 1.54) is 16.7 Å². The van der Waals surface area contributed by atoms with Crippen molar-refractivity contribution in [2.24, 2.45) is 0 Å². The largest absolute Gasteiger partial charge is 0.0800 e. The molecule has 2 aromatic rings. The molecule has 0 aliphatic heterocycles. The summed E-state index contributed by atoms with van der Waals surface area (Å²) in [6, 6.07) is 21.7. The van der Waals surface area contributed by atoms with E-state index in [0.717, 1.165) is 0 Å². The Balaban J connectivity index is 2.03. The van der Waals surface area contributed by atoms with Gasteiger partial charge in [0.2, 0.25) is 0 Å². The van der Waals surface area contributed by atoms with E-state index in [2.05, 4.69) is 98.5 Å². The number of hydrogen-bond donors (Lipinski definition) is 0. The minimum absolute atomic E-state index is 0.347. The van der Waals surface area contributed by atoms with Gasteiger partial charge in [-0.15, -0.1) is 0 Å². The van der Waals surface area contributed by atoms with Crippen LogP contribution in [0.2, 0.25) is 25.2 Å². The van der Waals surface area contributed by atoms with Crippen LogP contribution in [0.3, 0.4) is 0 Å². The van der Waals surface area contributed by atoms with Crippen LogP contribution < -0.4 is 0 Å². The second-order valence-corrected chi connectivity index (χ2v) is 12.6. The van der Waals surface area contributed by atoms with E-state index in [0.29, 0.717) is 11.5 Å². The van der Waals surface area contributed by atoms with Crippen LogP contribution in [0.15, 0.2) is 84.5 Å². The maximum Gasteiger partial charge on any atom is 0.0558 e. The highest BCUT2D eigenvalue weighted by molar-refractivity contribution is 6.78. The number of hydrogen-bond acceptors (Lipinski definition) is 0. The molecule has 0 amide bonds. The summed E-state index contributed by atoms with van der Waals surface area (Å²) in [6.07, 6.45) is 7.28. The standard InChI is InChI=1S/C21H24Si/c1-22(2,3)20-15-14-19(16-20)21(17-10-6-4-7-11-17)18-12-8-5-9-13-18/h4-16,20-21H,1-3H3. The smallest absolute Gasteiger partial charge is 0.0558 e. The average molecular weight is 305 g/mol. The van der Waals surface area contributed by atoms with Gasteiger partial charge in [-0.3, -0.25) is 0 Å². The molecule has 0 spiro atoms. The molecule has 0 aromatic heterocycles. The van der Waals surface area contributed by atoms with Crippen LogP contribution in [0.5, 0.6) is 0 Å². The monoisotopic (exact) mass is 304 g/mol. The van der Waals surface area contributed by atoms with Gasteiger partial charge in [-0.2, -0.15) is 0 Å². The number of rotatable bonds is 4. The fraction of sp³-hybridized carbons (Fsp3) is 0.238. The normalized spacial score (nSPS) is 17.8. The molecule has 0 radical (unpaired) electrons. The van der Waals surface area contributed by atoms with Gasteiger partial charge < -0.3 is 0 Å². The second kappa shape index (κ2) is 6.10. The Kier molecular flexibility index (Phi) is 4.17. The van der Waals surface area contributed by atoms with Crippen LogP contribution in [-0.2, 0) is 0 Å². The van der Waals surface area contributed by atoms with E-state index < -0.39 is 8.07 Å². The molecule has 22 heavy (non-hydrogen) atoms. The highest BCUT2D eigenvalue weighted by Crippen LogP contribution is 2.40. The molecule has 0 saturated heterocycles. The molecule has 0 bridgehead atoms.